The van der Waals surface area contributed by atoms with E-state index in [1.807, 2.05) is 42.5 Å². The van der Waals surface area contributed by atoms with Gasteiger partial charge in [-0.15, -0.1) is 0 Å². The van der Waals surface area contributed by atoms with Crippen LogP contribution < -0.4 is 11.1 Å². The predicted molar refractivity (Wildman–Crippen MR) is 94.1 cm³/mol. The molecule has 5 nitrogen and oxygen atoms in total. The molecule has 0 aliphatic heterocycles. The zero-order valence-corrected chi connectivity index (χ0v) is 13.9. The molecule has 2 aromatic carbocycles. The monoisotopic (exact) mass is 370 g/mol. The molecule has 1 amide bonds. The number of nitrogens with two attached hydrogens (primary N) is 1. The minimum absolute atomic E-state index is 0.0908. The van der Waals surface area contributed by atoms with Crippen molar-refractivity contribution in [3.05, 3.63) is 64.3 Å². The van der Waals surface area contributed by atoms with Gasteiger partial charge in [0.05, 0.1) is 5.52 Å². The highest BCUT2D eigenvalue weighted by Crippen LogP contribution is 2.21. The summed E-state index contributed by atoms with van der Waals surface area (Å²) < 4.78 is 0.858. The first-order valence-corrected chi connectivity index (χ1v) is 7.98. The fourth-order valence-corrected chi connectivity index (χ4v) is 2.70. The number of amides is 1. The van der Waals surface area contributed by atoms with E-state index in [0.29, 0.717) is 23.1 Å². The Bertz CT molecular complexity index is 852. The summed E-state index contributed by atoms with van der Waals surface area (Å²) in [5.74, 6) is -0.161. The van der Waals surface area contributed by atoms with Gasteiger partial charge in [0, 0.05) is 16.4 Å². The summed E-state index contributed by atoms with van der Waals surface area (Å²) in [5.41, 5.74) is 7.82. The second kappa shape index (κ2) is 6.75. The van der Waals surface area contributed by atoms with Crippen molar-refractivity contribution in [1.29, 1.82) is 0 Å². The van der Waals surface area contributed by atoms with Crippen molar-refractivity contribution < 1.29 is 4.79 Å². The fraction of sp³-hybridized carbons (Fsp3) is 0.118. The standard InChI is InChI=1S/C17H15BrN4O/c18-12-6-7-14-13(10-12)15(22-17(19)21-14)16(23)20-9-8-11-4-2-1-3-5-11/h1-7,10H,8-9H2,(H,20,23)(H2,19,21,22). The van der Waals surface area contributed by atoms with Gasteiger partial charge >= 0.3 is 0 Å². The molecule has 0 bridgehead atoms. The lowest BCUT2D eigenvalue weighted by molar-refractivity contribution is 0.0951. The first-order valence-electron chi connectivity index (χ1n) is 7.18. The number of halogens is 1. The molecule has 0 unspecified atom stereocenters. The number of aromatic nitrogens is 2. The van der Waals surface area contributed by atoms with E-state index >= 15 is 0 Å². The van der Waals surface area contributed by atoms with Gasteiger partial charge in [-0.05, 0) is 30.2 Å². The Morgan fingerprint density at radius 3 is 2.70 bits per heavy atom. The molecule has 0 aliphatic rings. The number of benzene rings is 2. The second-order valence-electron chi connectivity index (χ2n) is 5.08. The van der Waals surface area contributed by atoms with E-state index in [9.17, 15) is 4.79 Å². The van der Waals surface area contributed by atoms with Crippen molar-refractivity contribution in [1.82, 2.24) is 15.3 Å². The average molecular weight is 371 g/mol. The van der Waals surface area contributed by atoms with Crippen LogP contribution >= 0.6 is 15.9 Å². The highest BCUT2D eigenvalue weighted by Gasteiger charge is 2.14. The highest BCUT2D eigenvalue weighted by molar-refractivity contribution is 9.10. The Morgan fingerprint density at radius 2 is 1.91 bits per heavy atom. The summed E-state index contributed by atoms with van der Waals surface area (Å²) in [4.78, 5) is 20.7. The SMILES string of the molecule is Nc1nc(C(=O)NCCc2ccccc2)c2cc(Br)ccc2n1. The third-order valence-corrected chi connectivity index (χ3v) is 3.93. The van der Waals surface area contributed by atoms with Crippen LogP contribution in [0.1, 0.15) is 16.1 Å². The number of fused-ring (bicyclic) bond motifs is 1. The van der Waals surface area contributed by atoms with Crippen molar-refractivity contribution in [2.75, 3.05) is 12.3 Å². The third-order valence-electron chi connectivity index (χ3n) is 3.43. The Kier molecular flexibility index (Phi) is 4.52. The summed E-state index contributed by atoms with van der Waals surface area (Å²) >= 11 is 3.40. The molecule has 0 fully saturated rings. The fourth-order valence-electron chi connectivity index (χ4n) is 2.34. The predicted octanol–water partition coefficient (Wildman–Crippen LogP) is 2.95. The molecule has 23 heavy (non-hydrogen) atoms. The van der Waals surface area contributed by atoms with Gasteiger partial charge in [-0.2, -0.15) is 0 Å². The minimum Gasteiger partial charge on any atom is -0.368 e. The number of hydrogen-bond acceptors (Lipinski definition) is 4. The van der Waals surface area contributed by atoms with Crippen LogP contribution in [0, 0.1) is 0 Å². The van der Waals surface area contributed by atoms with Crippen LogP contribution in [0.2, 0.25) is 0 Å². The molecule has 1 aromatic heterocycles. The molecule has 3 aromatic rings. The van der Waals surface area contributed by atoms with Crippen LogP contribution in [0.5, 0.6) is 0 Å². The van der Waals surface area contributed by atoms with Crippen molar-refractivity contribution in [2.45, 2.75) is 6.42 Å². The number of nitrogen functional groups attached to an aromatic ring is 1. The number of rotatable bonds is 4. The summed E-state index contributed by atoms with van der Waals surface area (Å²) in [6.07, 6.45) is 0.759. The molecule has 0 aliphatic carbocycles. The maximum Gasteiger partial charge on any atom is 0.270 e. The summed E-state index contributed by atoms with van der Waals surface area (Å²) in [7, 11) is 0. The normalized spacial score (nSPS) is 10.7. The Balaban J connectivity index is 1.79. The van der Waals surface area contributed by atoms with E-state index in [4.69, 9.17) is 5.73 Å². The van der Waals surface area contributed by atoms with E-state index in [1.54, 1.807) is 6.07 Å². The van der Waals surface area contributed by atoms with Gasteiger partial charge in [0.2, 0.25) is 5.95 Å². The Hall–Kier alpha value is -2.47. The lowest BCUT2D eigenvalue weighted by Gasteiger charge is -2.08. The van der Waals surface area contributed by atoms with Gasteiger partial charge in [-0.25, -0.2) is 9.97 Å². The number of nitrogens with zero attached hydrogens (tertiary/aromatic N) is 2. The maximum atomic E-state index is 12.4. The Labute approximate surface area is 142 Å². The molecule has 3 rings (SSSR count). The van der Waals surface area contributed by atoms with E-state index in [1.165, 1.54) is 5.56 Å². The zero-order chi connectivity index (χ0) is 16.2. The highest BCUT2D eigenvalue weighted by atomic mass is 79.9. The largest absolute Gasteiger partial charge is 0.368 e. The van der Waals surface area contributed by atoms with Gasteiger partial charge in [-0.1, -0.05) is 46.3 Å². The van der Waals surface area contributed by atoms with Crippen LogP contribution in [0.4, 0.5) is 5.95 Å². The Morgan fingerprint density at radius 1 is 1.13 bits per heavy atom. The summed E-state index contributed by atoms with van der Waals surface area (Å²) in [6, 6.07) is 15.5. The molecule has 0 atom stereocenters. The lowest BCUT2D eigenvalue weighted by Crippen LogP contribution is -2.27. The van der Waals surface area contributed by atoms with Gasteiger partial charge < -0.3 is 11.1 Å². The summed E-state index contributed by atoms with van der Waals surface area (Å²) in [5, 5.41) is 3.56. The van der Waals surface area contributed by atoms with Crippen molar-refractivity contribution in [2.24, 2.45) is 0 Å². The van der Waals surface area contributed by atoms with Crippen molar-refractivity contribution in [3.63, 3.8) is 0 Å². The van der Waals surface area contributed by atoms with E-state index in [0.717, 1.165) is 10.9 Å². The molecular weight excluding hydrogens is 356 g/mol. The molecule has 6 heteroatoms. The van der Waals surface area contributed by atoms with Crippen LogP contribution in [-0.4, -0.2) is 22.4 Å². The van der Waals surface area contributed by atoms with Crippen LogP contribution in [-0.2, 0) is 6.42 Å². The molecular formula is C17H15BrN4O. The number of carbonyl (C=O) groups is 1. The molecule has 0 saturated carbocycles. The smallest absolute Gasteiger partial charge is 0.270 e. The van der Waals surface area contributed by atoms with Gasteiger partial charge in [-0.3, -0.25) is 4.79 Å². The first kappa shape index (κ1) is 15.4. The lowest BCUT2D eigenvalue weighted by atomic mass is 10.1. The number of hydrogen-bond donors (Lipinski definition) is 2. The maximum absolute atomic E-state index is 12.4. The van der Waals surface area contributed by atoms with Gasteiger partial charge in [0.1, 0.15) is 5.69 Å². The molecule has 0 radical (unpaired) electrons. The van der Waals surface area contributed by atoms with Crippen LogP contribution in [0.3, 0.4) is 0 Å². The molecule has 1 heterocycles. The third kappa shape index (κ3) is 3.65. The van der Waals surface area contributed by atoms with Gasteiger partial charge in [0.15, 0.2) is 0 Å². The number of anilines is 1. The van der Waals surface area contributed by atoms with Crippen LogP contribution in [0.15, 0.2) is 53.0 Å². The van der Waals surface area contributed by atoms with Crippen molar-refractivity contribution >= 4 is 38.7 Å². The number of carbonyl (C=O) groups excluding carboxylic acids is 1. The molecule has 0 spiro atoms. The topological polar surface area (TPSA) is 80.9 Å². The summed E-state index contributed by atoms with van der Waals surface area (Å²) in [6.45, 7) is 0.530. The van der Waals surface area contributed by atoms with E-state index in [-0.39, 0.29) is 11.9 Å². The molecule has 116 valence electrons. The van der Waals surface area contributed by atoms with Crippen molar-refractivity contribution in [3.8, 4) is 0 Å². The average Bonchev–Trinajstić information content (AvgIpc) is 2.55. The first-order chi connectivity index (χ1) is 11.1. The van der Waals surface area contributed by atoms with Gasteiger partial charge in [0.25, 0.3) is 5.91 Å². The molecule has 3 N–H and O–H groups in total. The zero-order valence-electron chi connectivity index (χ0n) is 12.3. The minimum atomic E-state index is -0.252. The quantitative estimate of drug-likeness (QED) is 0.739. The van der Waals surface area contributed by atoms with E-state index in [2.05, 4.69) is 31.2 Å². The van der Waals surface area contributed by atoms with Crippen LogP contribution in [0.25, 0.3) is 10.9 Å². The second-order valence-corrected chi connectivity index (χ2v) is 6.00. The van der Waals surface area contributed by atoms with E-state index < -0.39 is 0 Å². The molecule has 0 saturated heterocycles. The number of nitrogens with one attached hydrogen (secondary N) is 1.